The summed E-state index contributed by atoms with van der Waals surface area (Å²) in [5.41, 5.74) is 0.569. The van der Waals surface area contributed by atoms with Gasteiger partial charge in [0.1, 0.15) is 17.5 Å². The second-order valence-electron chi connectivity index (χ2n) is 6.58. The van der Waals surface area contributed by atoms with Crippen molar-refractivity contribution in [2.45, 2.75) is 57.3 Å². The third-order valence-electron chi connectivity index (χ3n) is 4.66. The maximum atomic E-state index is 10.9. The fourth-order valence-corrected chi connectivity index (χ4v) is 3.72. The monoisotopic (exact) mass is 275 g/mol. The molecule has 1 aromatic rings. The molecule has 2 unspecified atom stereocenters. The minimum atomic E-state index is -0.465. The average Bonchev–Trinajstić information content (AvgIpc) is 2.67. The van der Waals surface area contributed by atoms with Crippen LogP contribution in [0.4, 0.5) is 0 Å². The number of para-hydroxylation sites is 1. The van der Waals surface area contributed by atoms with Crippen molar-refractivity contribution in [1.82, 2.24) is 4.90 Å². The zero-order valence-corrected chi connectivity index (χ0v) is 12.5. The molecule has 2 heterocycles. The third kappa shape index (κ3) is 2.45. The van der Waals surface area contributed by atoms with Gasteiger partial charge in [-0.25, -0.2) is 0 Å². The molecular formula is C17H25NO2. The molecule has 3 nitrogen and oxygen atoms in total. The Kier molecular flexibility index (Phi) is 3.74. The summed E-state index contributed by atoms with van der Waals surface area (Å²) in [5, 5.41) is 10.9. The minimum Gasteiger partial charge on any atom is -0.486 e. The van der Waals surface area contributed by atoms with E-state index in [0.29, 0.717) is 0 Å². The molecule has 0 saturated carbocycles. The Labute approximate surface area is 121 Å². The van der Waals surface area contributed by atoms with Crippen LogP contribution in [0.3, 0.4) is 0 Å². The smallest absolute Gasteiger partial charge is 0.126 e. The third-order valence-corrected chi connectivity index (χ3v) is 4.66. The van der Waals surface area contributed by atoms with Gasteiger partial charge >= 0.3 is 0 Å². The molecule has 1 saturated heterocycles. The van der Waals surface area contributed by atoms with Crippen molar-refractivity contribution >= 4 is 0 Å². The van der Waals surface area contributed by atoms with Crippen LogP contribution in [-0.4, -0.2) is 34.7 Å². The number of nitrogens with zero attached hydrogens (tertiary/aromatic N) is 1. The van der Waals surface area contributed by atoms with Crippen molar-refractivity contribution in [3.05, 3.63) is 29.8 Å². The molecule has 1 aromatic carbocycles. The summed E-state index contributed by atoms with van der Waals surface area (Å²) in [6, 6.07) is 7.92. The summed E-state index contributed by atoms with van der Waals surface area (Å²) >= 11 is 0. The molecule has 1 N–H and O–H groups in total. The number of benzene rings is 1. The highest BCUT2D eigenvalue weighted by molar-refractivity contribution is 5.39. The summed E-state index contributed by atoms with van der Waals surface area (Å²) in [6.45, 7) is 6.33. The van der Waals surface area contributed by atoms with Crippen molar-refractivity contribution in [3.63, 3.8) is 0 Å². The van der Waals surface area contributed by atoms with E-state index in [1.165, 1.54) is 25.7 Å². The van der Waals surface area contributed by atoms with E-state index >= 15 is 0 Å². The highest BCUT2D eigenvalue weighted by Crippen LogP contribution is 2.42. The van der Waals surface area contributed by atoms with E-state index in [0.717, 1.165) is 24.4 Å². The van der Waals surface area contributed by atoms with Crippen LogP contribution >= 0.6 is 0 Å². The summed E-state index contributed by atoms with van der Waals surface area (Å²) in [6.07, 6.45) is 4.59. The molecule has 0 radical (unpaired) electrons. The van der Waals surface area contributed by atoms with Crippen molar-refractivity contribution in [2.75, 3.05) is 13.1 Å². The first-order valence-corrected chi connectivity index (χ1v) is 7.80. The van der Waals surface area contributed by atoms with E-state index in [2.05, 4.69) is 18.7 Å². The second kappa shape index (κ2) is 5.38. The van der Waals surface area contributed by atoms with E-state index in [1.807, 2.05) is 24.3 Å². The molecule has 1 fully saturated rings. The number of aliphatic hydroxyl groups is 1. The van der Waals surface area contributed by atoms with Crippen LogP contribution in [-0.2, 0) is 0 Å². The lowest BCUT2D eigenvalue weighted by Gasteiger charge is -2.48. The summed E-state index contributed by atoms with van der Waals surface area (Å²) in [4.78, 5) is 2.44. The maximum Gasteiger partial charge on any atom is 0.126 e. The number of likely N-dealkylation sites (tertiary alicyclic amines) is 1. The molecular weight excluding hydrogens is 250 g/mol. The van der Waals surface area contributed by atoms with Crippen LogP contribution in [0.5, 0.6) is 5.75 Å². The van der Waals surface area contributed by atoms with Gasteiger partial charge in [0.05, 0.1) is 6.04 Å². The fourth-order valence-electron chi connectivity index (χ4n) is 3.72. The van der Waals surface area contributed by atoms with Gasteiger partial charge in [0, 0.05) is 5.56 Å². The lowest BCUT2D eigenvalue weighted by atomic mass is 9.85. The van der Waals surface area contributed by atoms with Gasteiger partial charge in [-0.3, -0.25) is 4.90 Å². The first kappa shape index (κ1) is 13.9. The molecule has 20 heavy (non-hydrogen) atoms. The Bertz CT molecular complexity index is 464. The number of fused-ring (bicyclic) bond motifs is 1. The quantitative estimate of drug-likeness (QED) is 0.854. The molecule has 2 aliphatic heterocycles. The van der Waals surface area contributed by atoms with Gasteiger partial charge in [-0.15, -0.1) is 0 Å². The summed E-state index contributed by atoms with van der Waals surface area (Å²) < 4.78 is 6.19. The molecule has 3 heteroatoms. The summed E-state index contributed by atoms with van der Waals surface area (Å²) in [7, 11) is 0. The summed E-state index contributed by atoms with van der Waals surface area (Å²) in [5.74, 6) is 0.830. The Morgan fingerprint density at radius 1 is 1.10 bits per heavy atom. The largest absolute Gasteiger partial charge is 0.486 e. The van der Waals surface area contributed by atoms with Crippen LogP contribution in [0.2, 0.25) is 0 Å². The molecule has 110 valence electrons. The van der Waals surface area contributed by atoms with Gasteiger partial charge in [0.2, 0.25) is 0 Å². The first-order chi connectivity index (χ1) is 9.59. The zero-order chi connectivity index (χ0) is 14.2. The van der Waals surface area contributed by atoms with Crippen LogP contribution < -0.4 is 4.74 Å². The molecule has 2 atom stereocenters. The van der Waals surface area contributed by atoms with E-state index in [1.54, 1.807) is 0 Å². The molecule has 3 rings (SSSR count). The van der Waals surface area contributed by atoms with Crippen LogP contribution in [0, 0.1) is 0 Å². The SMILES string of the molecule is CC1(C)Oc2ccccc2C(O)C1N1CCCCCC1. The molecule has 0 spiro atoms. The van der Waals surface area contributed by atoms with Gasteiger partial charge in [-0.1, -0.05) is 31.0 Å². The Hall–Kier alpha value is -1.06. The van der Waals surface area contributed by atoms with Gasteiger partial charge < -0.3 is 9.84 Å². The highest BCUT2D eigenvalue weighted by Gasteiger charge is 2.46. The number of ether oxygens (including phenoxy) is 1. The van der Waals surface area contributed by atoms with Crippen LogP contribution in [0.15, 0.2) is 24.3 Å². The molecule has 0 aliphatic carbocycles. The maximum absolute atomic E-state index is 10.9. The molecule has 0 bridgehead atoms. The number of hydrogen-bond donors (Lipinski definition) is 1. The Morgan fingerprint density at radius 3 is 2.45 bits per heavy atom. The van der Waals surface area contributed by atoms with Gasteiger partial charge in [-0.05, 0) is 45.8 Å². The topological polar surface area (TPSA) is 32.7 Å². The van der Waals surface area contributed by atoms with Crippen molar-refractivity contribution in [3.8, 4) is 5.75 Å². The van der Waals surface area contributed by atoms with Gasteiger partial charge in [0.25, 0.3) is 0 Å². The second-order valence-corrected chi connectivity index (χ2v) is 6.58. The van der Waals surface area contributed by atoms with E-state index in [4.69, 9.17) is 4.74 Å². The lowest BCUT2D eigenvalue weighted by molar-refractivity contribution is -0.0818. The predicted molar refractivity (Wildman–Crippen MR) is 79.9 cm³/mol. The molecule has 0 aromatic heterocycles. The molecule has 2 aliphatic rings. The normalized spacial score (nSPS) is 30.1. The van der Waals surface area contributed by atoms with Crippen LogP contribution in [0.1, 0.15) is 51.2 Å². The van der Waals surface area contributed by atoms with Crippen molar-refractivity contribution in [1.29, 1.82) is 0 Å². The van der Waals surface area contributed by atoms with Crippen molar-refractivity contribution in [2.24, 2.45) is 0 Å². The van der Waals surface area contributed by atoms with Gasteiger partial charge in [0.15, 0.2) is 0 Å². The van der Waals surface area contributed by atoms with Crippen LogP contribution in [0.25, 0.3) is 0 Å². The predicted octanol–water partition coefficient (Wildman–Crippen LogP) is 3.14. The Morgan fingerprint density at radius 2 is 1.75 bits per heavy atom. The number of aliphatic hydroxyl groups excluding tert-OH is 1. The lowest BCUT2D eigenvalue weighted by Crippen LogP contribution is -2.58. The zero-order valence-electron chi connectivity index (χ0n) is 12.5. The standard InChI is InChI=1S/C17H25NO2/c1-17(2)16(18-11-7-3-4-8-12-18)15(19)13-9-5-6-10-14(13)20-17/h5-6,9-10,15-16,19H,3-4,7-8,11-12H2,1-2H3. The first-order valence-electron chi connectivity index (χ1n) is 7.80. The van der Waals surface area contributed by atoms with E-state index < -0.39 is 6.10 Å². The Balaban J connectivity index is 1.93. The fraction of sp³-hybridized carbons (Fsp3) is 0.647. The minimum absolute atomic E-state index is 0.0375. The molecule has 0 amide bonds. The number of rotatable bonds is 1. The van der Waals surface area contributed by atoms with Gasteiger partial charge in [-0.2, -0.15) is 0 Å². The van der Waals surface area contributed by atoms with E-state index in [9.17, 15) is 5.11 Å². The van der Waals surface area contributed by atoms with E-state index in [-0.39, 0.29) is 11.6 Å². The highest BCUT2D eigenvalue weighted by atomic mass is 16.5. The number of hydrogen-bond acceptors (Lipinski definition) is 3. The average molecular weight is 275 g/mol. The van der Waals surface area contributed by atoms with Crippen molar-refractivity contribution < 1.29 is 9.84 Å².